The number of hydrogen-bond acceptors (Lipinski definition) is 4. The van der Waals surface area contributed by atoms with Gasteiger partial charge in [-0.25, -0.2) is 10.2 Å². The predicted molar refractivity (Wildman–Crippen MR) is 71.7 cm³/mol. The lowest BCUT2D eigenvalue weighted by atomic mass is 9.96. The summed E-state index contributed by atoms with van der Waals surface area (Å²) in [4.78, 5) is -0.199. The number of sulfonamides is 1. The maximum atomic E-state index is 13.2. The minimum Gasteiger partial charge on any atom is -0.264 e. The minimum atomic E-state index is -3.90. The largest absolute Gasteiger partial charge is 0.286 e. The molecule has 0 saturated carbocycles. The number of nitrogens with zero attached hydrogens (tertiary/aromatic N) is 2. The summed E-state index contributed by atoms with van der Waals surface area (Å²) >= 11 is 0. The summed E-state index contributed by atoms with van der Waals surface area (Å²) in [7, 11) is -3.90. The minimum absolute atomic E-state index is 0.127. The first-order chi connectivity index (χ1) is 8.74. The smallest absolute Gasteiger partial charge is 0.264 e. The molecule has 0 spiro atoms. The summed E-state index contributed by atoms with van der Waals surface area (Å²) in [5, 5.41) is 1.22. The fourth-order valence-electron chi connectivity index (χ4n) is 1.83. The van der Waals surface area contributed by atoms with E-state index in [0.29, 0.717) is 0 Å². The van der Waals surface area contributed by atoms with Gasteiger partial charge in [-0.05, 0) is 24.1 Å². The molecule has 0 fully saturated rings. The van der Waals surface area contributed by atoms with Gasteiger partial charge >= 0.3 is 0 Å². The molecule has 0 saturated heterocycles. The van der Waals surface area contributed by atoms with Crippen molar-refractivity contribution in [1.29, 1.82) is 0 Å². The number of halogens is 1. The summed E-state index contributed by atoms with van der Waals surface area (Å²) in [5.41, 5.74) is 0.249. The summed E-state index contributed by atoms with van der Waals surface area (Å²) in [6.07, 6.45) is 0. The van der Waals surface area contributed by atoms with Gasteiger partial charge in [-0.3, -0.25) is 5.01 Å². The molecule has 1 aliphatic heterocycles. The van der Waals surface area contributed by atoms with Crippen LogP contribution < -0.4 is 10.9 Å². The number of hydrogen-bond donors (Lipinski definition) is 1. The number of benzene rings is 1. The van der Waals surface area contributed by atoms with Crippen molar-refractivity contribution in [1.82, 2.24) is 0 Å². The number of anilines is 1. The second-order valence-electron chi connectivity index (χ2n) is 4.94. The van der Waals surface area contributed by atoms with Crippen LogP contribution >= 0.6 is 0 Å². The van der Waals surface area contributed by atoms with Crippen LogP contribution in [-0.4, -0.2) is 14.3 Å². The van der Waals surface area contributed by atoms with Crippen LogP contribution in [0.4, 0.5) is 10.1 Å². The molecule has 1 aromatic carbocycles. The third kappa shape index (κ3) is 2.35. The Labute approximate surface area is 112 Å². The first-order valence-corrected chi connectivity index (χ1v) is 7.37. The maximum absolute atomic E-state index is 13.2. The van der Waals surface area contributed by atoms with Gasteiger partial charge in [0.05, 0.1) is 5.69 Å². The number of fused-ring (bicyclic) bond motifs is 1. The average Bonchev–Trinajstić information content (AvgIpc) is 2.33. The molecule has 2 rings (SSSR count). The summed E-state index contributed by atoms with van der Waals surface area (Å²) in [6.45, 7) is 5.76. The molecule has 1 atom stereocenters. The Bertz CT molecular complexity index is 640. The highest BCUT2D eigenvalue weighted by molar-refractivity contribution is 7.90. The van der Waals surface area contributed by atoms with Gasteiger partial charge in [-0.1, -0.05) is 20.8 Å². The van der Waals surface area contributed by atoms with Gasteiger partial charge in [0.15, 0.2) is 0 Å². The Morgan fingerprint density at radius 1 is 1.32 bits per heavy atom. The van der Waals surface area contributed by atoms with Gasteiger partial charge in [-0.15, -0.1) is 4.40 Å². The van der Waals surface area contributed by atoms with E-state index >= 15 is 0 Å². The second-order valence-corrected chi connectivity index (χ2v) is 6.51. The van der Waals surface area contributed by atoms with Crippen LogP contribution in [0.15, 0.2) is 27.5 Å². The van der Waals surface area contributed by atoms with Crippen LogP contribution in [-0.2, 0) is 10.0 Å². The lowest BCUT2D eigenvalue weighted by Crippen LogP contribution is -2.45. The lowest BCUT2D eigenvalue weighted by molar-refractivity contribution is 0.523. The Balaban J connectivity index is 2.62. The van der Waals surface area contributed by atoms with E-state index in [1.54, 1.807) is 0 Å². The van der Waals surface area contributed by atoms with Crippen molar-refractivity contribution in [2.75, 3.05) is 5.01 Å². The third-order valence-electron chi connectivity index (χ3n) is 3.33. The SMILES string of the molecule is CC(C)C(C)C1=NS(=O)(=O)c2cc(F)ccc2N1N. The second kappa shape index (κ2) is 4.57. The highest BCUT2D eigenvalue weighted by Gasteiger charge is 2.33. The van der Waals surface area contributed by atoms with Crippen LogP contribution in [0.3, 0.4) is 0 Å². The van der Waals surface area contributed by atoms with E-state index in [-0.39, 0.29) is 28.3 Å². The number of rotatable bonds is 2. The lowest BCUT2D eigenvalue weighted by Gasteiger charge is -2.31. The van der Waals surface area contributed by atoms with Crippen molar-refractivity contribution in [3.63, 3.8) is 0 Å². The third-order valence-corrected chi connectivity index (χ3v) is 4.64. The van der Waals surface area contributed by atoms with E-state index < -0.39 is 15.8 Å². The van der Waals surface area contributed by atoms with E-state index in [9.17, 15) is 12.8 Å². The number of amidine groups is 1. The molecule has 0 bridgehead atoms. The van der Waals surface area contributed by atoms with Crippen LogP contribution in [0.1, 0.15) is 20.8 Å². The molecule has 0 amide bonds. The molecule has 1 heterocycles. The first-order valence-electron chi connectivity index (χ1n) is 5.93. The van der Waals surface area contributed by atoms with E-state index in [2.05, 4.69) is 4.40 Å². The summed E-state index contributed by atoms with van der Waals surface area (Å²) in [5.74, 6) is 5.61. The molecular formula is C12H16FN3O2S. The first kappa shape index (κ1) is 14.0. The fraction of sp³-hybridized carbons (Fsp3) is 0.417. The van der Waals surface area contributed by atoms with Crippen molar-refractivity contribution in [3.05, 3.63) is 24.0 Å². The predicted octanol–water partition coefficient (Wildman–Crippen LogP) is 1.90. The molecule has 1 aromatic rings. The monoisotopic (exact) mass is 285 g/mol. The van der Waals surface area contributed by atoms with Gasteiger partial charge in [0.25, 0.3) is 10.0 Å². The van der Waals surface area contributed by atoms with Crippen molar-refractivity contribution in [2.24, 2.45) is 22.1 Å². The average molecular weight is 285 g/mol. The van der Waals surface area contributed by atoms with E-state index in [4.69, 9.17) is 5.84 Å². The van der Waals surface area contributed by atoms with Crippen LogP contribution in [0.25, 0.3) is 0 Å². The van der Waals surface area contributed by atoms with Crippen molar-refractivity contribution >= 4 is 21.5 Å². The zero-order valence-corrected chi connectivity index (χ0v) is 11.8. The highest BCUT2D eigenvalue weighted by atomic mass is 32.2. The van der Waals surface area contributed by atoms with Gasteiger partial charge < -0.3 is 0 Å². The topological polar surface area (TPSA) is 75.8 Å². The Morgan fingerprint density at radius 3 is 2.53 bits per heavy atom. The Morgan fingerprint density at radius 2 is 1.95 bits per heavy atom. The van der Waals surface area contributed by atoms with Crippen molar-refractivity contribution < 1.29 is 12.8 Å². The molecule has 19 heavy (non-hydrogen) atoms. The Kier molecular flexibility index (Phi) is 3.36. The number of hydrazine groups is 1. The van der Waals surface area contributed by atoms with E-state index in [1.807, 2.05) is 20.8 Å². The quantitative estimate of drug-likeness (QED) is 0.842. The zero-order chi connectivity index (χ0) is 14.4. The molecule has 7 heteroatoms. The summed E-state index contributed by atoms with van der Waals surface area (Å²) < 4.78 is 41.0. The fourth-order valence-corrected chi connectivity index (χ4v) is 3.12. The zero-order valence-electron chi connectivity index (χ0n) is 11.0. The van der Waals surface area contributed by atoms with Crippen molar-refractivity contribution in [2.45, 2.75) is 25.7 Å². The van der Waals surface area contributed by atoms with E-state index in [1.165, 1.54) is 17.1 Å². The number of nitrogens with two attached hydrogens (primary N) is 1. The van der Waals surface area contributed by atoms with Gasteiger partial charge in [0.1, 0.15) is 16.5 Å². The van der Waals surface area contributed by atoms with Gasteiger partial charge in [0.2, 0.25) is 0 Å². The maximum Gasteiger partial charge on any atom is 0.286 e. The molecule has 2 N–H and O–H groups in total. The van der Waals surface area contributed by atoms with Crippen LogP contribution in [0, 0.1) is 17.7 Å². The van der Waals surface area contributed by atoms with Gasteiger partial charge in [-0.2, -0.15) is 8.42 Å². The standard InChI is InChI=1S/C12H16FN3O2S/c1-7(2)8(3)12-15-19(17,18)11-6-9(13)4-5-10(11)16(12)14/h4-8H,14H2,1-3H3. The molecule has 0 aliphatic carbocycles. The molecule has 1 aliphatic rings. The molecule has 1 unspecified atom stereocenters. The summed E-state index contributed by atoms with van der Waals surface area (Å²) in [6, 6.07) is 3.46. The molecular weight excluding hydrogens is 269 g/mol. The highest BCUT2D eigenvalue weighted by Crippen LogP contribution is 2.32. The Hall–Kier alpha value is -1.47. The van der Waals surface area contributed by atoms with Gasteiger partial charge in [0, 0.05) is 5.92 Å². The molecule has 0 aromatic heterocycles. The van der Waals surface area contributed by atoms with Crippen LogP contribution in [0.5, 0.6) is 0 Å². The molecule has 0 radical (unpaired) electrons. The normalized spacial score (nSPS) is 19.1. The molecule has 5 nitrogen and oxygen atoms in total. The van der Waals surface area contributed by atoms with E-state index in [0.717, 1.165) is 6.07 Å². The molecule has 104 valence electrons. The van der Waals surface area contributed by atoms with Crippen molar-refractivity contribution in [3.8, 4) is 0 Å². The van der Waals surface area contributed by atoms with Crippen LogP contribution in [0.2, 0.25) is 0 Å².